The average Bonchev–Trinajstić information content (AvgIpc) is 2.53. The van der Waals surface area contributed by atoms with Crippen molar-refractivity contribution in [3.8, 4) is 0 Å². The molecule has 0 spiro atoms. The largest absolute Gasteiger partial charge is 0.469 e. The number of halogens is 2. The van der Waals surface area contributed by atoms with E-state index in [9.17, 15) is 9.59 Å². The minimum atomic E-state index is -0.337. The maximum absolute atomic E-state index is 12.4. The van der Waals surface area contributed by atoms with Crippen LogP contribution in [0.2, 0.25) is 10.0 Å². The van der Waals surface area contributed by atoms with Crippen LogP contribution in [0, 0.1) is 0 Å². The van der Waals surface area contributed by atoms with Crippen molar-refractivity contribution in [3.63, 3.8) is 0 Å². The fraction of sp³-hybridized carbons (Fsp3) is 0.412. The number of ether oxygens (including phenoxy) is 1. The zero-order chi connectivity index (χ0) is 17.4. The van der Waals surface area contributed by atoms with Crippen molar-refractivity contribution < 1.29 is 14.3 Å². The average molecular weight is 358 g/mol. The highest BCUT2D eigenvalue weighted by atomic mass is 35.5. The molecule has 23 heavy (non-hydrogen) atoms. The number of methoxy groups -OCH3 is 1. The van der Waals surface area contributed by atoms with E-state index >= 15 is 0 Å². The van der Waals surface area contributed by atoms with Gasteiger partial charge in [0.15, 0.2) is 0 Å². The van der Waals surface area contributed by atoms with E-state index in [1.807, 2.05) is 13.8 Å². The molecule has 0 heterocycles. The summed E-state index contributed by atoms with van der Waals surface area (Å²) in [6.07, 6.45) is 4.07. The molecule has 1 unspecified atom stereocenters. The summed E-state index contributed by atoms with van der Waals surface area (Å²) >= 11 is 11.9. The SMILES string of the molecule is CCC(C)N(CCC(=O)OC)C(=O)/C=C/c1ccc(Cl)cc1Cl. The van der Waals surface area contributed by atoms with Crippen LogP contribution in [0.25, 0.3) is 6.08 Å². The molecule has 1 aromatic carbocycles. The van der Waals surface area contributed by atoms with Crippen molar-refractivity contribution in [2.24, 2.45) is 0 Å². The quantitative estimate of drug-likeness (QED) is 0.542. The van der Waals surface area contributed by atoms with Gasteiger partial charge in [0.05, 0.1) is 13.5 Å². The third kappa shape index (κ3) is 6.24. The van der Waals surface area contributed by atoms with Crippen LogP contribution in [-0.4, -0.2) is 36.5 Å². The highest BCUT2D eigenvalue weighted by Gasteiger charge is 2.18. The van der Waals surface area contributed by atoms with Crippen LogP contribution in [-0.2, 0) is 14.3 Å². The van der Waals surface area contributed by atoms with Gasteiger partial charge in [-0.3, -0.25) is 9.59 Å². The van der Waals surface area contributed by atoms with Crippen LogP contribution in [0.5, 0.6) is 0 Å². The van der Waals surface area contributed by atoms with E-state index in [1.54, 1.807) is 29.2 Å². The molecular weight excluding hydrogens is 337 g/mol. The Labute approximate surface area is 147 Å². The Kier molecular flexibility index (Phi) is 8.13. The van der Waals surface area contributed by atoms with Gasteiger partial charge in [0.25, 0.3) is 0 Å². The lowest BCUT2D eigenvalue weighted by atomic mass is 10.1. The van der Waals surface area contributed by atoms with E-state index in [4.69, 9.17) is 23.2 Å². The monoisotopic (exact) mass is 357 g/mol. The number of amides is 1. The number of rotatable bonds is 7. The van der Waals surface area contributed by atoms with Gasteiger partial charge in [0, 0.05) is 28.7 Å². The molecule has 0 radical (unpaired) electrons. The molecule has 0 aliphatic carbocycles. The van der Waals surface area contributed by atoms with Gasteiger partial charge in [-0.2, -0.15) is 0 Å². The summed E-state index contributed by atoms with van der Waals surface area (Å²) in [5, 5.41) is 1.02. The zero-order valence-corrected chi connectivity index (χ0v) is 15.0. The van der Waals surface area contributed by atoms with Crippen molar-refractivity contribution >= 4 is 41.2 Å². The molecule has 0 bridgehead atoms. The van der Waals surface area contributed by atoms with Gasteiger partial charge in [0.2, 0.25) is 5.91 Å². The second-order valence-corrected chi connectivity index (χ2v) is 5.96. The first-order valence-corrected chi connectivity index (χ1v) is 8.15. The van der Waals surface area contributed by atoms with Gasteiger partial charge < -0.3 is 9.64 Å². The first-order valence-electron chi connectivity index (χ1n) is 7.39. The maximum atomic E-state index is 12.4. The Bertz CT molecular complexity index is 587. The highest BCUT2D eigenvalue weighted by Crippen LogP contribution is 2.22. The van der Waals surface area contributed by atoms with Crippen molar-refractivity contribution in [3.05, 3.63) is 39.9 Å². The molecule has 0 aliphatic heterocycles. The summed E-state index contributed by atoms with van der Waals surface area (Å²) in [5.41, 5.74) is 0.710. The maximum Gasteiger partial charge on any atom is 0.307 e. The van der Waals surface area contributed by atoms with Crippen molar-refractivity contribution in [1.29, 1.82) is 0 Å². The van der Waals surface area contributed by atoms with E-state index in [2.05, 4.69) is 4.74 Å². The van der Waals surface area contributed by atoms with E-state index in [0.717, 1.165) is 6.42 Å². The molecule has 0 fully saturated rings. The predicted molar refractivity (Wildman–Crippen MR) is 93.6 cm³/mol. The molecule has 126 valence electrons. The smallest absolute Gasteiger partial charge is 0.307 e. The topological polar surface area (TPSA) is 46.6 Å². The molecule has 0 saturated carbocycles. The fourth-order valence-electron chi connectivity index (χ4n) is 1.98. The first kappa shape index (κ1) is 19.5. The summed E-state index contributed by atoms with van der Waals surface area (Å²) in [4.78, 5) is 25.4. The number of hydrogen-bond acceptors (Lipinski definition) is 3. The molecule has 0 aromatic heterocycles. The number of nitrogens with zero attached hydrogens (tertiary/aromatic N) is 1. The standard InChI is InChI=1S/C17H21Cl2NO3/c1-4-12(2)20(10-9-17(22)23-3)16(21)8-6-13-5-7-14(18)11-15(13)19/h5-8,11-12H,4,9-10H2,1-3H3/b8-6+. The molecule has 6 heteroatoms. The van der Waals surface area contributed by atoms with Gasteiger partial charge in [-0.15, -0.1) is 0 Å². The summed E-state index contributed by atoms with van der Waals surface area (Å²) in [6, 6.07) is 5.10. The van der Waals surface area contributed by atoms with Gasteiger partial charge in [-0.1, -0.05) is 36.2 Å². The lowest BCUT2D eigenvalue weighted by Crippen LogP contribution is -2.38. The second-order valence-electron chi connectivity index (χ2n) is 5.11. The van der Waals surface area contributed by atoms with E-state index in [-0.39, 0.29) is 24.3 Å². The number of hydrogen-bond donors (Lipinski definition) is 0. The molecule has 0 N–H and O–H groups in total. The third-order valence-corrected chi connectivity index (χ3v) is 4.12. The van der Waals surface area contributed by atoms with Crippen LogP contribution < -0.4 is 0 Å². The fourth-order valence-corrected chi connectivity index (χ4v) is 2.45. The van der Waals surface area contributed by atoms with Crippen LogP contribution in [0.4, 0.5) is 0 Å². The lowest BCUT2D eigenvalue weighted by molar-refractivity contribution is -0.141. The second kappa shape index (κ2) is 9.58. The molecule has 1 amide bonds. The Morgan fingerprint density at radius 3 is 2.61 bits per heavy atom. The normalized spacial score (nSPS) is 12.2. The summed E-state index contributed by atoms with van der Waals surface area (Å²) < 4.78 is 4.63. The number of carbonyl (C=O) groups excluding carboxylic acids is 2. The van der Waals surface area contributed by atoms with E-state index < -0.39 is 0 Å². The van der Waals surface area contributed by atoms with Crippen molar-refractivity contribution in [1.82, 2.24) is 4.90 Å². The Morgan fingerprint density at radius 2 is 2.04 bits per heavy atom. The Morgan fingerprint density at radius 1 is 1.35 bits per heavy atom. The van der Waals surface area contributed by atoms with Crippen LogP contribution >= 0.6 is 23.2 Å². The summed E-state index contributed by atoms with van der Waals surface area (Å²) in [6.45, 7) is 4.25. The van der Waals surface area contributed by atoms with Crippen LogP contribution in [0.3, 0.4) is 0 Å². The van der Waals surface area contributed by atoms with Crippen molar-refractivity contribution in [2.75, 3.05) is 13.7 Å². The molecule has 4 nitrogen and oxygen atoms in total. The van der Waals surface area contributed by atoms with Crippen molar-refractivity contribution in [2.45, 2.75) is 32.7 Å². The zero-order valence-electron chi connectivity index (χ0n) is 13.5. The number of esters is 1. The van der Waals surface area contributed by atoms with Crippen LogP contribution in [0.15, 0.2) is 24.3 Å². The Balaban J connectivity index is 2.83. The number of carbonyl (C=O) groups is 2. The van der Waals surface area contributed by atoms with E-state index in [0.29, 0.717) is 22.2 Å². The molecule has 1 rings (SSSR count). The molecule has 1 aromatic rings. The minimum absolute atomic E-state index is 0.0255. The Hall–Kier alpha value is -1.52. The molecule has 0 aliphatic rings. The van der Waals surface area contributed by atoms with Crippen LogP contribution in [0.1, 0.15) is 32.3 Å². The summed E-state index contributed by atoms with van der Waals surface area (Å²) in [7, 11) is 1.33. The van der Waals surface area contributed by atoms with Gasteiger partial charge in [-0.25, -0.2) is 0 Å². The summed E-state index contributed by atoms with van der Waals surface area (Å²) in [5.74, 6) is -0.509. The van der Waals surface area contributed by atoms with E-state index in [1.165, 1.54) is 13.2 Å². The van der Waals surface area contributed by atoms with Gasteiger partial charge in [-0.05, 0) is 37.1 Å². The highest BCUT2D eigenvalue weighted by molar-refractivity contribution is 6.35. The predicted octanol–water partition coefficient (Wildman–Crippen LogP) is 4.20. The van der Waals surface area contributed by atoms with Gasteiger partial charge in [0.1, 0.15) is 0 Å². The minimum Gasteiger partial charge on any atom is -0.469 e. The first-order chi connectivity index (χ1) is 10.9. The molecule has 1 atom stereocenters. The molecule has 0 saturated heterocycles. The molecular formula is C17H21Cl2NO3. The van der Waals surface area contributed by atoms with Gasteiger partial charge >= 0.3 is 5.97 Å². The lowest BCUT2D eigenvalue weighted by Gasteiger charge is -2.27. The third-order valence-electron chi connectivity index (χ3n) is 3.56. The number of benzene rings is 1.